The first-order valence-electron chi connectivity index (χ1n) is 10.9. The van der Waals surface area contributed by atoms with Gasteiger partial charge in [-0.25, -0.2) is 0 Å². The van der Waals surface area contributed by atoms with E-state index in [0.29, 0.717) is 50.3 Å². The molecule has 9 heteroatoms. The summed E-state index contributed by atoms with van der Waals surface area (Å²) in [6.45, 7) is 2.78. The summed E-state index contributed by atoms with van der Waals surface area (Å²) in [6.07, 6.45) is 5.90. The van der Waals surface area contributed by atoms with Crippen molar-refractivity contribution in [3.8, 4) is 0 Å². The van der Waals surface area contributed by atoms with Gasteiger partial charge >= 0.3 is 0 Å². The lowest BCUT2D eigenvalue weighted by Crippen LogP contribution is -2.41. The second kappa shape index (κ2) is 11.5. The summed E-state index contributed by atoms with van der Waals surface area (Å²) in [7, 11) is 1.71. The number of nitrogens with one attached hydrogen (secondary N) is 2. The lowest BCUT2D eigenvalue weighted by molar-refractivity contribution is -0.140. The van der Waals surface area contributed by atoms with Crippen LogP contribution in [-0.4, -0.2) is 56.0 Å². The van der Waals surface area contributed by atoms with Gasteiger partial charge in [-0.05, 0) is 42.4 Å². The molecule has 1 aromatic carbocycles. The number of imide groups is 1. The Bertz CT molecular complexity index is 846. The Morgan fingerprint density at radius 2 is 1.72 bits per heavy atom. The zero-order valence-corrected chi connectivity index (χ0v) is 21.2. The van der Waals surface area contributed by atoms with Gasteiger partial charge in [0.1, 0.15) is 0 Å². The summed E-state index contributed by atoms with van der Waals surface area (Å²) < 4.78 is 5.65. The third-order valence-electron chi connectivity index (χ3n) is 6.36. The van der Waals surface area contributed by atoms with Crippen molar-refractivity contribution >= 4 is 53.4 Å². The van der Waals surface area contributed by atoms with Gasteiger partial charge in [-0.3, -0.25) is 19.5 Å². The fraction of sp³-hybridized carbons (Fsp3) is 0.522. The number of rotatable bonds is 9. The number of carbonyl (C=O) groups excluding carboxylic acids is 2. The number of guanidine groups is 1. The van der Waals surface area contributed by atoms with Gasteiger partial charge in [0, 0.05) is 31.7 Å². The maximum Gasteiger partial charge on any atom is 0.233 e. The minimum absolute atomic E-state index is 0. The number of allylic oxidation sites excluding steroid dienone is 2. The van der Waals surface area contributed by atoms with Gasteiger partial charge in [-0.1, -0.05) is 35.9 Å². The number of hydrogen-bond donors (Lipinski definition) is 2. The van der Waals surface area contributed by atoms with Crippen LogP contribution in [0.1, 0.15) is 18.4 Å². The highest BCUT2D eigenvalue weighted by molar-refractivity contribution is 14.0. The van der Waals surface area contributed by atoms with Crippen LogP contribution in [0.4, 0.5) is 0 Å². The van der Waals surface area contributed by atoms with E-state index in [9.17, 15) is 9.59 Å². The van der Waals surface area contributed by atoms with Gasteiger partial charge in [0.2, 0.25) is 11.8 Å². The van der Waals surface area contributed by atoms with Gasteiger partial charge in [-0.2, -0.15) is 0 Å². The molecule has 3 aliphatic rings. The van der Waals surface area contributed by atoms with E-state index in [1.807, 2.05) is 24.3 Å². The van der Waals surface area contributed by atoms with E-state index in [1.165, 1.54) is 4.90 Å². The minimum Gasteiger partial charge on any atom is -0.375 e. The average Bonchev–Trinajstić information content (AvgIpc) is 3.45. The maximum absolute atomic E-state index is 12.7. The second-order valence-electron chi connectivity index (χ2n) is 8.29. The second-order valence-corrected chi connectivity index (χ2v) is 8.72. The fourth-order valence-electron chi connectivity index (χ4n) is 4.86. The largest absolute Gasteiger partial charge is 0.375 e. The molecule has 2 amide bonds. The maximum atomic E-state index is 12.7. The highest BCUT2D eigenvalue weighted by Crippen LogP contribution is 2.52. The number of nitrogens with zero attached hydrogens (tertiary/aromatic N) is 2. The molecule has 1 saturated carbocycles. The third-order valence-corrected chi connectivity index (χ3v) is 6.61. The molecule has 32 heavy (non-hydrogen) atoms. The number of aliphatic imine (C=N–C) groups is 1. The molecule has 7 nitrogen and oxygen atoms in total. The van der Waals surface area contributed by atoms with Crippen molar-refractivity contribution in [2.24, 2.45) is 28.7 Å². The highest BCUT2D eigenvalue weighted by Gasteiger charge is 2.58. The van der Waals surface area contributed by atoms with Crippen LogP contribution in [0.3, 0.4) is 0 Å². The summed E-state index contributed by atoms with van der Waals surface area (Å²) in [4.78, 5) is 31.0. The van der Waals surface area contributed by atoms with Crippen LogP contribution in [0.5, 0.6) is 0 Å². The topological polar surface area (TPSA) is 83.0 Å². The number of amides is 2. The van der Waals surface area contributed by atoms with Crippen molar-refractivity contribution in [1.82, 2.24) is 15.5 Å². The Morgan fingerprint density at radius 1 is 1.09 bits per heavy atom. The van der Waals surface area contributed by atoms with Crippen molar-refractivity contribution < 1.29 is 14.3 Å². The van der Waals surface area contributed by atoms with E-state index in [2.05, 4.69) is 27.8 Å². The molecule has 2 fully saturated rings. The number of hydrogen-bond acceptors (Lipinski definition) is 4. The standard InChI is InChI=1S/C23H29ClN4O3.HI/c1-25-23(27-10-12-31-14-15-3-7-18(24)8-4-15)26-9-2-11-28-21(29)19-16-5-6-17(13-16)20(19)22(28)30;/h3-8,16-17,19-20H,2,9-14H2,1H3,(H2,25,26,27);1H. The molecule has 174 valence electrons. The molecule has 1 heterocycles. The summed E-state index contributed by atoms with van der Waals surface area (Å²) in [5.41, 5.74) is 1.07. The van der Waals surface area contributed by atoms with Gasteiger partial charge in [0.25, 0.3) is 0 Å². The Hall–Kier alpha value is -1.65. The summed E-state index contributed by atoms with van der Waals surface area (Å²) in [5, 5.41) is 7.14. The predicted octanol–water partition coefficient (Wildman–Crippen LogP) is 2.84. The van der Waals surface area contributed by atoms with E-state index in [4.69, 9.17) is 16.3 Å². The first-order chi connectivity index (χ1) is 15.1. The molecule has 4 atom stereocenters. The van der Waals surface area contributed by atoms with E-state index >= 15 is 0 Å². The van der Waals surface area contributed by atoms with Crippen LogP contribution in [-0.2, 0) is 20.9 Å². The van der Waals surface area contributed by atoms with Crippen LogP contribution in [0.25, 0.3) is 0 Å². The molecule has 0 spiro atoms. The van der Waals surface area contributed by atoms with Crippen molar-refractivity contribution in [3.63, 3.8) is 0 Å². The summed E-state index contributed by atoms with van der Waals surface area (Å²) >= 11 is 5.88. The lowest BCUT2D eigenvalue weighted by atomic mass is 9.85. The van der Waals surface area contributed by atoms with Crippen LogP contribution in [0.2, 0.25) is 5.02 Å². The van der Waals surface area contributed by atoms with E-state index in [-0.39, 0.29) is 59.5 Å². The molecule has 1 aliphatic heterocycles. The number of carbonyl (C=O) groups is 2. The normalized spacial score (nSPS) is 25.8. The molecule has 0 aromatic heterocycles. The van der Waals surface area contributed by atoms with Crippen molar-refractivity contribution in [1.29, 1.82) is 0 Å². The van der Waals surface area contributed by atoms with Crippen LogP contribution in [0, 0.1) is 23.7 Å². The van der Waals surface area contributed by atoms with Crippen LogP contribution in [0.15, 0.2) is 41.4 Å². The monoisotopic (exact) mass is 572 g/mol. The Balaban J connectivity index is 0.00000289. The molecule has 2 bridgehead atoms. The molecule has 2 aliphatic carbocycles. The number of fused-ring (bicyclic) bond motifs is 5. The van der Waals surface area contributed by atoms with E-state index in [1.54, 1.807) is 7.05 Å². The van der Waals surface area contributed by atoms with Crippen molar-refractivity contribution in [3.05, 3.63) is 47.0 Å². The average molecular weight is 573 g/mol. The molecule has 1 aromatic rings. The quantitative estimate of drug-likeness (QED) is 0.119. The SMILES string of the molecule is CN=C(NCCCN1C(=O)C2C3C=CC(C3)C2C1=O)NCCOCc1ccc(Cl)cc1.I. The number of likely N-dealkylation sites (tertiary alicyclic amines) is 1. The summed E-state index contributed by atoms with van der Waals surface area (Å²) in [5.74, 6) is 1.02. The van der Waals surface area contributed by atoms with E-state index in [0.717, 1.165) is 12.0 Å². The van der Waals surface area contributed by atoms with Gasteiger partial charge in [0.05, 0.1) is 25.0 Å². The lowest BCUT2D eigenvalue weighted by Gasteiger charge is -2.18. The zero-order chi connectivity index (χ0) is 21.8. The third kappa shape index (κ3) is 5.46. The highest BCUT2D eigenvalue weighted by atomic mass is 127. The Labute approximate surface area is 211 Å². The summed E-state index contributed by atoms with van der Waals surface area (Å²) in [6, 6.07) is 7.59. The first-order valence-corrected chi connectivity index (χ1v) is 11.3. The fourth-order valence-corrected chi connectivity index (χ4v) is 4.99. The molecule has 0 radical (unpaired) electrons. The molecular weight excluding hydrogens is 543 g/mol. The van der Waals surface area contributed by atoms with Crippen LogP contribution < -0.4 is 10.6 Å². The molecule has 4 rings (SSSR count). The molecule has 2 N–H and O–H groups in total. The Morgan fingerprint density at radius 3 is 2.34 bits per heavy atom. The zero-order valence-electron chi connectivity index (χ0n) is 18.1. The van der Waals surface area contributed by atoms with Gasteiger partial charge in [0.15, 0.2) is 5.96 Å². The molecule has 4 unspecified atom stereocenters. The number of ether oxygens (including phenoxy) is 1. The Kier molecular flexibility index (Phi) is 8.95. The van der Waals surface area contributed by atoms with Crippen molar-refractivity contribution in [2.45, 2.75) is 19.4 Å². The number of benzene rings is 1. The van der Waals surface area contributed by atoms with Gasteiger partial charge in [-0.15, -0.1) is 24.0 Å². The van der Waals surface area contributed by atoms with Crippen molar-refractivity contribution in [2.75, 3.05) is 33.3 Å². The molecular formula is C23H30ClIN4O3. The predicted molar refractivity (Wildman–Crippen MR) is 135 cm³/mol. The minimum atomic E-state index is -0.113. The first kappa shape index (κ1) is 25.0. The smallest absolute Gasteiger partial charge is 0.233 e. The van der Waals surface area contributed by atoms with E-state index < -0.39 is 0 Å². The van der Waals surface area contributed by atoms with Crippen LogP contribution >= 0.6 is 35.6 Å². The number of halogens is 2. The molecule has 1 saturated heterocycles. The van der Waals surface area contributed by atoms with Gasteiger partial charge < -0.3 is 15.4 Å².